The van der Waals surface area contributed by atoms with Crippen molar-refractivity contribution in [3.8, 4) is 12.8 Å². The zero-order valence-electron chi connectivity index (χ0n) is 11.6. The summed E-state index contributed by atoms with van der Waals surface area (Å²) in [5.74, 6) is 0.888. The van der Waals surface area contributed by atoms with Gasteiger partial charge in [-0.15, -0.1) is 12.8 Å². The van der Waals surface area contributed by atoms with Gasteiger partial charge in [0.2, 0.25) is 0 Å². The first kappa shape index (κ1) is 20.3. The fourth-order valence-corrected chi connectivity index (χ4v) is 1.98. The van der Waals surface area contributed by atoms with E-state index in [2.05, 4.69) is 12.8 Å². The molecule has 0 heterocycles. The minimum absolute atomic E-state index is 0.160. The van der Waals surface area contributed by atoms with Gasteiger partial charge < -0.3 is 18.4 Å². The Balaban J connectivity index is 0. The van der Waals surface area contributed by atoms with Crippen LogP contribution in [-0.4, -0.2) is 57.4 Å². The van der Waals surface area contributed by atoms with E-state index in [1.807, 2.05) is 27.4 Å². The van der Waals surface area contributed by atoms with Crippen LogP contribution in [0.1, 0.15) is 6.42 Å². The summed E-state index contributed by atoms with van der Waals surface area (Å²) in [7, 11) is 1.82. The lowest BCUT2D eigenvalue weighted by atomic mass is 10.5. The summed E-state index contributed by atoms with van der Waals surface area (Å²) in [6.45, 7) is 0.985. The summed E-state index contributed by atoms with van der Waals surface area (Å²) in [6, 6.07) is 0. The van der Waals surface area contributed by atoms with Crippen LogP contribution in [0.4, 0.5) is 0 Å². The number of thioether (sulfide) groups is 1. The van der Waals surface area contributed by atoms with Crippen molar-refractivity contribution < 1.29 is 23.0 Å². The summed E-state index contributed by atoms with van der Waals surface area (Å²) >= 11 is 1.66. The van der Waals surface area contributed by atoms with Gasteiger partial charge in [0.15, 0.2) is 0 Å². The van der Waals surface area contributed by atoms with Crippen LogP contribution >= 0.6 is 19.6 Å². The highest BCUT2D eigenvalue weighted by molar-refractivity contribution is 7.98. The van der Waals surface area contributed by atoms with Gasteiger partial charge in [-0.05, 0) is 18.4 Å². The first-order valence-electron chi connectivity index (χ1n) is 5.50. The van der Waals surface area contributed by atoms with Gasteiger partial charge >= 0.3 is 0 Å². The zero-order chi connectivity index (χ0) is 14.7. The maximum absolute atomic E-state index is 11.2. The van der Waals surface area contributed by atoms with Crippen LogP contribution in [0.2, 0.25) is 0 Å². The zero-order valence-corrected chi connectivity index (χ0v) is 13.3. The quantitative estimate of drug-likeness (QED) is 0.277. The number of nitrogens with zero attached hydrogens (tertiary/aromatic N) is 1. The van der Waals surface area contributed by atoms with E-state index >= 15 is 0 Å². The van der Waals surface area contributed by atoms with Crippen LogP contribution in [0.15, 0.2) is 0 Å². The normalized spacial score (nSPS) is 14.4. The number of rotatable bonds is 9. The number of phosphoric acid groups is 1. The SMILES string of the molecule is C#C.CSCCCOP(=O)([O-])OCC[N+](C)(C)C. The van der Waals surface area contributed by atoms with Crippen molar-refractivity contribution in [2.75, 3.05) is 52.9 Å². The molecule has 1 unspecified atom stereocenters. The molecule has 0 aromatic carbocycles. The Labute approximate surface area is 115 Å². The predicted octanol–water partition coefficient (Wildman–Crippen LogP) is 1.20. The lowest BCUT2D eigenvalue weighted by Crippen LogP contribution is -2.37. The molecule has 108 valence electrons. The Morgan fingerprint density at radius 3 is 2.17 bits per heavy atom. The van der Waals surface area contributed by atoms with Crippen molar-refractivity contribution in [2.45, 2.75) is 6.42 Å². The molecular weight excluding hydrogens is 273 g/mol. The Hall–Kier alpha value is -0.0200. The summed E-state index contributed by atoms with van der Waals surface area (Å²) in [5, 5.41) is 0. The highest BCUT2D eigenvalue weighted by atomic mass is 32.2. The van der Waals surface area contributed by atoms with Gasteiger partial charge in [-0.25, -0.2) is 0 Å². The molecule has 0 fully saturated rings. The minimum Gasteiger partial charge on any atom is -0.756 e. The van der Waals surface area contributed by atoms with E-state index in [1.54, 1.807) is 11.8 Å². The third-order valence-corrected chi connectivity index (χ3v) is 3.45. The predicted molar refractivity (Wildman–Crippen MR) is 75.3 cm³/mol. The molecule has 0 spiro atoms. The molecule has 0 amide bonds. The van der Waals surface area contributed by atoms with Gasteiger partial charge in [-0.3, -0.25) is 4.57 Å². The van der Waals surface area contributed by atoms with Crippen molar-refractivity contribution in [1.29, 1.82) is 0 Å². The van der Waals surface area contributed by atoms with Crippen molar-refractivity contribution in [1.82, 2.24) is 0 Å². The molecule has 0 aliphatic carbocycles. The second kappa shape index (κ2) is 10.9. The van der Waals surface area contributed by atoms with Crippen molar-refractivity contribution >= 4 is 19.6 Å². The molecule has 0 bridgehead atoms. The molecule has 7 heteroatoms. The fourth-order valence-electron chi connectivity index (χ4n) is 0.843. The lowest BCUT2D eigenvalue weighted by molar-refractivity contribution is -0.870. The average Bonchev–Trinajstić information content (AvgIpc) is 2.25. The summed E-state index contributed by atoms with van der Waals surface area (Å²) < 4.78 is 21.4. The van der Waals surface area contributed by atoms with Crippen LogP contribution in [0.3, 0.4) is 0 Å². The van der Waals surface area contributed by atoms with E-state index in [0.29, 0.717) is 17.4 Å². The molecular formula is C11H24NO4PS. The second-order valence-corrected chi connectivity index (χ2v) is 6.87. The molecule has 5 nitrogen and oxygen atoms in total. The molecule has 0 radical (unpaired) electrons. The average molecular weight is 297 g/mol. The van der Waals surface area contributed by atoms with Gasteiger partial charge in [-0.1, -0.05) is 0 Å². The number of hydrogen-bond acceptors (Lipinski definition) is 5. The Bertz CT molecular complexity index is 266. The maximum atomic E-state index is 11.2. The van der Waals surface area contributed by atoms with Crippen LogP contribution in [0, 0.1) is 12.8 Å². The van der Waals surface area contributed by atoms with Crippen molar-refractivity contribution in [3.05, 3.63) is 0 Å². The highest BCUT2D eigenvalue weighted by Crippen LogP contribution is 2.38. The Morgan fingerprint density at radius 2 is 1.72 bits per heavy atom. The molecule has 0 saturated heterocycles. The smallest absolute Gasteiger partial charge is 0.268 e. The molecule has 0 aromatic heterocycles. The number of terminal acetylenes is 1. The Kier molecular flexibility index (Phi) is 12.3. The van der Waals surface area contributed by atoms with Gasteiger partial charge in [0.1, 0.15) is 13.2 Å². The second-order valence-electron chi connectivity index (χ2n) is 4.47. The number of phosphoric ester groups is 1. The Morgan fingerprint density at radius 1 is 1.22 bits per heavy atom. The molecule has 0 N–H and O–H groups in total. The third-order valence-electron chi connectivity index (χ3n) is 1.75. The van der Waals surface area contributed by atoms with Crippen molar-refractivity contribution in [2.24, 2.45) is 0 Å². The van der Waals surface area contributed by atoms with Gasteiger partial charge in [-0.2, -0.15) is 11.8 Å². The first-order chi connectivity index (χ1) is 8.27. The van der Waals surface area contributed by atoms with E-state index in [9.17, 15) is 9.46 Å². The lowest BCUT2D eigenvalue weighted by Gasteiger charge is -2.27. The standard InChI is InChI=1S/C9H22NO4PS.C2H2/c1-10(2,3)6-8-14-15(11,12)13-7-5-9-16-4;1-2/h5-9H2,1-4H3;1-2H. The molecule has 18 heavy (non-hydrogen) atoms. The van der Waals surface area contributed by atoms with Gasteiger partial charge in [0.05, 0.1) is 27.7 Å². The molecule has 0 saturated carbocycles. The number of likely N-dealkylation sites (N-methyl/N-ethyl adjacent to an activating group) is 1. The van der Waals surface area contributed by atoms with E-state index in [1.165, 1.54) is 0 Å². The fraction of sp³-hybridized carbons (Fsp3) is 0.818. The van der Waals surface area contributed by atoms with Crippen LogP contribution in [-0.2, 0) is 13.6 Å². The largest absolute Gasteiger partial charge is 0.756 e. The van der Waals surface area contributed by atoms with Crippen molar-refractivity contribution in [3.63, 3.8) is 0 Å². The highest BCUT2D eigenvalue weighted by Gasteiger charge is 2.12. The van der Waals surface area contributed by atoms with E-state index in [-0.39, 0.29) is 13.2 Å². The van der Waals surface area contributed by atoms with Crippen LogP contribution < -0.4 is 4.89 Å². The third kappa shape index (κ3) is 16.0. The van der Waals surface area contributed by atoms with E-state index < -0.39 is 7.82 Å². The van der Waals surface area contributed by atoms with E-state index in [0.717, 1.165) is 5.75 Å². The monoisotopic (exact) mass is 297 g/mol. The molecule has 0 aliphatic heterocycles. The number of quaternary nitrogens is 1. The van der Waals surface area contributed by atoms with Crippen LogP contribution in [0.25, 0.3) is 0 Å². The maximum Gasteiger partial charge on any atom is 0.268 e. The summed E-state index contributed by atoms with van der Waals surface area (Å²) in [4.78, 5) is 11.2. The topological polar surface area (TPSA) is 58.6 Å². The van der Waals surface area contributed by atoms with Gasteiger partial charge in [0, 0.05) is 0 Å². The molecule has 0 rings (SSSR count). The first-order valence-corrected chi connectivity index (χ1v) is 8.35. The molecule has 1 atom stereocenters. The minimum atomic E-state index is -4.09. The summed E-state index contributed by atoms with van der Waals surface area (Å²) in [6.07, 6.45) is 10.7. The van der Waals surface area contributed by atoms with Crippen LogP contribution in [0.5, 0.6) is 0 Å². The number of hydrogen-bond donors (Lipinski definition) is 0. The molecule has 0 aliphatic rings. The van der Waals surface area contributed by atoms with E-state index in [4.69, 9.17) is 9.05 Å². The summed E-state index contributed by atoms with van der Waals surface area (Å²) in [5.41, 5.74) is 0. The molecule has 0 aromatic rings. The van der Waals surface area contributed by atoms with Gasteiger partial charge in [0.25, 0.3) is 7.82 Å².